The third-order valence-corrected chi connectivity index (χ3v) is 4.54. The molecule has 0 aliphatic heterocycles. The molecule has 0 amide bonds. The average Bonchev–Trinajstić information content (AvgIpc) is 2.34. The monoisotopic (exact) mass is 265 g/mol. The summed E-state index contributed by atoms with van der Waals surface area (Å²) in [5, 5.41) is 9.00. The Balaban J connectivity index is 2.35. The van der Waals surface area contributed by atoms with Crippen molar-refractivity contribution in [2.75, 3.05) is 6.61 Å². The van der Waals surface area contributed by atoms with Crippen LogP contribution in [0.1, 0.15) is 66.7 Å². The smallest absolute Gasteiger partial charge is 0.0683 e. The van der Waals surface area contributed by atoms with Gasteiger partial charge < -0.3 is 4.74 Å². The minimum Gasteiger partial charge on any atom is -0.378 e. The fraction of sp³-hybridized carbons (Fsp3) is 0.941. The van der Waals surface area contributed by atoms with E-state index in [1.165, 1.54) is 19.3 Å². The lowest BCUT2D eigenvalue weighted by Gasteiger charge is -2.37. The molecule has 0 radical (unpaired) electrons. The van der Waals surface area contributed by atoms with Crippen LogP contribution in [0.5, 0.6) is 0 Å². The van der Waals surface area contributed by atoms with Crippen LogP contribution < -0.4 is 0 Å². The van der Waals surface area contributed by atoms with Crippen molar-refractivity contribution < 1.29 is 4.74 Å². The first-order chi connectivity index (χ1) is 8.85. The molecule has 0 saturated heterocycles. The van der Waals surface area contributed by atoms with Crippen molar-refractivity contribution in [1.29, 1.82) is 5.26 Å². The number of hydrogen-bond donors (Lipinski definition) is 0. The van der Waals surface area contributed by atoms with E-state index in [0.717, 1.165) is 31.3 Å². The Morgan fingerprint density at radius 1 is 1.32 bits per heavy atom. The summed E-state index contributed by atoms with van der Waals surface area (Å²) < 4.78 is 6.16. The third kappa shape index (κ3) is 5.53. The lowest BCUT2D eigenvalue weighted by molar-refractivity contribution is -0.0405. The SMILES string of the molecule is CC1CCC(C(C)C)C(OCCCC(C)(C)C#N)C1. The molecule has 3 atom stereocenters. The Morgan fingerprint density at radius 3 is 2.58 bits per heavy atom. The number of nitriles is 1. The second kappa shape index (κ2) is 7.29. The fourth-order valence-corrected chi connectivity index (χ4v) is 3.11. The predicted molar refractivity (Wildman–Crippen MR) is 79.7 cm³/mol. The van der Waals surface area contributed by atoms with Crippen LogP contribution in [0.15, 0.2) is 0 Å². The molecule has 1 saturated carbocycles. The summed E-state index contributed by atoms with van der Waals surface area (Å²) in [6.45, 7) is 11.8. The maximum Gasteiger partial charge on any atom is 0.0683 e. The number of ether oxygens (including phenoxy) is 1. The molecule has 0 spiro atoms. The molecular formula is C17H31NO. The highest BCUT2D eigenvalue weighted by Gasteiger charge is 2.31. The van der Waals surface area contributed by atoms with Crippen LogP contribution >= 0.6 is 0 Å². The van der Waals surface area contributed by atoms with Crippen LogP contribution in [-0.2, 0) is 4.74 Å². The molecule has 1 aliphatic carbocycles. The van der Waals surface area contributed by atoms with Gasteiger partial charge in [-0.25, -0.2) is 0 Å². The number of hydrogen-bond acceptors (Lipinski definition) is 2. The zero-order valence-electron chi connectivity index (χ0n) is 13.4. The molecule has 19 heavy (non-hydrogen) atoms. The maximum atomic E-state index is 9.00. The van der Waals surface area contributed by atoms with Gasteiger partial charge >= 0.3 is 0 Å². The van der Waals surface area contributed by atoms with Crippen LogP contribution in [0.3, 0.4) is 0 Å². The first kappa shape index (κ1) is 16.5. The Labute approximate surface area is 119 Å². The minimum atomic E-state index is -0.208. The molecule has 2 heteroatoms. The van der Waals surface area contributed by atoms with E-state index in [9.17, 15) is 0 Å². The predicted octanol–water partition coefficient (Wildman–Crippen LogP) is 4.79. The van der Waals surface area contributed by atoms with Crippen molar-refractivity contribution in [3.63, 3.8) is 0 Å². The summed E-state index contributed by atoms with van der Waals surface area (Å²) in [7, 11) is 0. The highest BCUT2D eigenvalue weighted by molar-refractivity contribution is 4.91. The van der Waals surface area contributed by atoms with E-state index in [1.54, 1.807) is 0 Å². The molecule has 0 aromatic carbocycles. The Morgan fingerprint density at radius 2 is 2.00 bits per heavy atom. The van der Waals surface area contributed by atoms with E-state index >= 15 is 0 Å². The molecule has 1 fully saturated rings. The highest BCUT2D eigenvalue weighted by atomic mass is 16.5. The topological polar surface area (TPSA) is 33.0 Å². The zero-order chi connectivity index (χ0) is 14.5. The number of rotatable bonds is 6. The van der Waals surface area contributed by atoms with Crippen molar-refractivity contribution in [3.05, 3.63) is 0 Å². The second-order valence-electron chi connectivity index (χ2n) is 7.33. The van der Waals surface area contributed by atoms with E-state index in [1.807, 2.05) is 13.8 Å². The van der Waals surface area contributed by atoms with Crippen molar-refractivity contribution in [3.8, 4) is 6.07 Å². The second-order valence-corrected chi connectivity index (χ2v) is 7.33. The van der Waals surface area contributed by atoms with Crippen molar-refractivity contribution in [1.82, 2.24) is 0 Å². The van der Waals surface area contributed by atoms with Gasteiger partial charge in [0.1, 0.15) is 0 Å². The van der Waals surface area contributed by atoms with Gasteiger partial charge in [-0.2, -0.15) is 5.26 Å². The van der Waals surface area contributed by atoms with Crippen LogP contribution in [0.4, 0.5) is 0 Å². The number of nitrogens with zero attached hydrogens (tertiary/aromatic N) is 1. The standard InChI is InChI=1S/C17H31NO/c1-13(2)15-8-7-14(3)11-16(15)19-10-6-9-17(4,5)12-18/h13-16H,6-11H2,1-5H3. The van der Waals surface area contributed by atoms with Gasteiger partial charge in [-0.3, -0.25) is 0 Å². The molecule has 2 nitrogen and oxygen atoms in total. The van der Waals surface area contributed by atoms with E-state index in [2.05, 4.69) is 26.8 Å². The highest BCUT2D eigenvalue weighted by Crippen LogP contribution is 2.35. The first-order valence-electron chi connectivity index (χ1n) is 7.88. The van der Waals surface area contributed by atoms with E-state index in [4.69, 9.17) is 10.00 Å². The Bertz CT molecular complexity index is 303. The van der Waals surface area contributed by atoms with Gasteiger partial charge in [-0.15, -0.1) is 0 Å². The molecule has 0 aromatic heterocycles. The first-order valence-corrected chi connectivity index (χ1v) is 7.88. The van der Waals surface area contributed by atoms with Gasteiger partial charge in [0, 0.05) is 6.61 Å². The van der Waals surface area contributed by atoms with Crippen LogP contribution in [0.2, 0.25) is 0 Å². The average molecular weight is 265 g/mol. The van der Waals surface area contributed by atoms with Gasteiger partial charge in [0.05, 0.1) is 17.6 Å². The maximum absolute atomic E-state index is 9.00. The van der Waals surface area contributed by atoms with Crippen LogP contribution in [-0.4, -0.2) is 12.7 Å². The molecule has 1 rings (SSSR count). The van der Waals surface area contributed by atoms with E-state index in [0.29, 0.717) is 12.0 Å². The zero-order valence-corrected chi connectivity index (χ0v) is 13.4. The Hall–Kier alpha value is -0.550. The van der Waals surface area contributed by atoms with Crippen molar-refractivity contribution in [2.45, 2.75) is 72.8 Å². The fourth-order valence-electron chi connectivity index (χ4n) is 3.11. The molecule has 0 aromatic rings. The van der Waals surface area contributed by atoms with Crippen molar-refractivity contribution in [2.24, 2.45) is 23.2 Å². The van der Waals surface area contributed by atoms with Gasteiger partial charge in [0.2, 0.25) is 0 Å². The van der Waals surface area contributed by atoms with E-state index in [-0.39, 0.29) is 5.41 Å². The summed E-state index contributed by atoms with van der Waals surface area (Å²) in [4.78, 5) is 0. The van der Waals surface area contributed by atoms with Gasteiger partial charge in [-0.05, 0) is 57.3 Å². The summed E-state index contributed by atoms with van der Waals surface area (Å²) in [6, 6.07) is 2.36. The molecule has 0 N–H and O–H groups in total. The molecule has 1 aliphatic rings. The summed E-state index contributed by atoms with van der Waals surface area (Å²) in [5.41, 5.74) is -0.208. The van der Waals surface area contributed by atoms with Gasteiger partial charge in [-0.1, -0.05) is 27.2 Å². The quantitative estimate of drug-likeness (QED) is 0.647. The van der Waals surface area contributed by atoms with Gasteiger partial charge in [0.15, 0.2) is 0 Å². The Kier molecular flexibility index (Phi) is 6.33. The van der Waals surface area contributed by atoms with Crippen LogP contribution in [0, 0.1) is 34.5 Å². The minimum absolute atomic E-state index is 0.208. The molecule has 110 valence electrons. The molecule has 0 heterocycles. The largest absolute Gasteiger partial charge is 0.378 e. The third-order valence-electron chi connectivity index (χ3n) is 4.54. The normalized spacial score (nSPS) is 28.4. The summed E-state index contributed by atoms with van der Waals surface area (Å²) in [5.74, 6) is 2.24. The molecule has 3 unspecified atom stereocenters. The van der Waals surface area contributed by atoms with Gasteiger partial charge in [0.25, 0.3) is 0 Å². The van der Waals surface area contributed by atoms with Crippen LogP contribution in [0.25, 0.3) is 0 Å². The summed E-state index contributed by atoms with van der Waals surface area (Å²) in [6.07, 6.45) is 6.24. The van der Waals surface area contributed by atoms with E-state index < -0.39 is 0 Å². The molecular weight excluding hydrogens is 234 g/mol. The lowest BCUT2D eigenvalue weighted by Crippen LogP contribution is -2.34. The lowest BCUT2D eigenvalue weighted by atomic mass is 9.75. The molecule has 0 bridgehead atoms. The van der Waals surface area contributed by atoms with Crippen molar-refractivity contribution >= 4 is 0 Å². The summed E-state index contributed by atoms with van der Waals surface area (Å²) >= 11 is 0.